The van der Waals surface area contributed by atoms with Gasteiger partial charge >= 0.3 is 0 Å². The van der Waals surface area contributed by atoms with Gasteiger partial charge in [-0.15, -0.1) is 0 Å². The van der Waals surface area contributed by atoms with Crippen LogP contribution in [0.4, 0.5) is 0 Å². The van der Waals surface area contributed by atoms with Crippen molar-refractivity contribution in [2.75, 3.05) is 0 Å². The summed E-state index contributed by atoms with van der Waals surface area (Å²) in [4.78, 5) is 91.9. The Morgan fingerprint density at radius 1 is 0.293 bits per heavy atom. The van der Waals surface area contributed by atoms with E-state index in [-0.39, 0.29) is 103 Å². The Labute approximate surface area is 655 Å². The maximum Gasteiger partial charge on any atom is 0.275 e. The number of carbonyl (C=O) groups is 4. The highest BCUT2D eigenvalue weighted by Gasteiger charge is 2.29. The summed E-state index contributed by atoms with van der Waals surface area (Å²) in [6.07, 6.45) is 5.66. The van der Waals surface area contributed by atoms with Gasteiger partial charge in [0.1, 0.15) is 91.6 Å². The second-order valence-electron chi connectivity index (χ2n) is 25.8. The number of phenolic OH excluding ortho intramolecular Hbond substituents is 4. The van der Waals surface area contributed by atoms with Gasteiger partial charge in [-0.25, -0.2) is 51.6 Å². The summed E-state index contributed by atoms with van der Waals surface area (Å²) in [5, 5.41) is 60.6. The lowest BCUT2D eigenvalue weighted by atomic mass is 10.1. The zero-order valence-corrected chi connectivity index (χ0v) is 60.2. The van der Waals surface area contributed by atoms with Gasteiger partial charge in [-0.1, -0.05) is 133 Å². The van der Waals surface area contributed by atoms with Crippen LogP contribution in [-0.2, 0) is 0 Å². The van der Waals surface area contributed by atoms with Gasteiger partial charge < -0.3 is 49.3 Å². The van der Waals surface area contributed by atoms with Crippen molar-refractivity contribution in [3.05, 3.63) is 311 Å². The first kappa shape index (κ1) is 71.9. The number of amides is 4. The number of rotatable bonds is 20. The Bertz CT molecular complexity index is 6820. The smallest absolute Gasteiger partial charge is 0.275 e. The molecule has 562 valence electrons. The van der Waals surface area contributed by atoms with Crippen LogP contribution in [0.3, 0.4) is 0 Å². The average Bonchev–Trinajstić information content (AvgIpc) is 1.59. The van der Waals surface area contributed by atoms with Crippen LogP contribution in [-0.4, -0.2) is 109 Å². The fraction of sp³-hybridized carbons (Fsp3) is 0. The third-order valence-electron chi connectivity index (χ3n) is 18.4. The van der Waals surface area contributed by atoms with Crippen molar-refractivity contribution in [1.82, 2.24) is 61.6 Å². The van der Waals surface area contributed by atoms with Crippen LogP contribution in [0.5, 0.6) is 69.0 Å². The van der Waals surface area contributed by atoms with Crippen molar-refractivity contribution in [2.24, 2.45) is 20.4 Å². The number of hydrogen-bond acceptors (Lipinski definition) is 22. The highest BCUT2D eigenvalue weighted by Crippen LogP contribution is 2.47. The molecule has 0 spiro atoms. The van der Waals surface area contributed by atoms with Gasteiger partial charge in [-0.3, -0.25) is 19.2 Å². The molecular formula is C88H58N16O12. The molecule has 0 saturated carbocycles. The molecule has 0 saturated heterocycles. The first-order chi connectivity index (χ1) is 56.8. The summed E-state index contributed by atoms with van der Waals surface area (Å²) in [6, 6.07) is 73.9. The number of nitrogens with one attached hydrogen (secondary N) is 6. The van der Waals surface area contributed by atoms with E-state index in [1.54, 1.807) is 194 Å². The number of para-hydroxylation sites is 8. The van der Waals surface area contributed by atoms with Crippen molar-refractivity contribution < 1.29 is 58.6 Å². The number of fused-ring (bicyclic) bond motifs is 20. The number of aromatic amines is 2. The molecule has 2 aliphatic heterocycles. The molecule has 3 aromatic heterocycles. The maximum absolute atomic E-state index is 13.2. The van der Waals surface area contributed by atoms with Crippen molar-refractivity contribution in [2.45, 2.75) is 0 Å². The average molecular weight is 1530 g/mol. The van der Waals surface area contributed by atoms with Gasteiger partial charge in [0.15, 0.2) is 23.3 Å². The topological polar surface area (TPSA) is 393 Å². The number of nitrogens with zero attached hydrogens (tertiary/aromatic N) is 10. The lowest BCUT2D eigenvalue weighted by molar-refractivity contribution is 0.0944. The Morgan fingerprint density at radius 3 is 1.03 bits per heavy atom. The quantitative estimate of drug-likeness (QED) is 0.0250. The molecule has 0 radical (unpaired) electrons. The molecule has 15 aromatic rings. The molecule has 0 atom stereocenters. The number of aromatic nitrogens is 8. The molecule has 0 aliphatic carbocycles. The molecule has 2 aliphatic rings. The van der Waals surface area contributed by atoms with E-state index in [0.717, 1.165) is 0 Å². The van der Waals surface area contributed by atoms with Gasteiger partial charge in [-0.05, 0) is 133 Å². The molecule has 0 unspecified atom stereocenters. The summed E-state index contributed by atoms with van der Waals surface area (Å²) >= 11 is 0. The zero-order chi connectivity index (χ0) is 79.2. The molecule has 4 amide bonds. The molecule has 28 nitrogen and oxygen atoms in total. The summed E-state index contributed by atoms with van der Waals surface area (Å²) in [5.74, 6) is -0.461. The molecule has 0 fully saturated rings. The van der Waals surface area contributed by atoms with Crippen molar-refractivity contribution in [3.8, 4) is 115 Å². The molecule has 12 aromatic carbocycles. The van der Waals surface area contributed by atoms with Crippen molar-refractivity contribution >= 4 is 92.6 Å². The first-order valence-corrected chi connectivity index (χ1v) is 35.7. The molecule has 5 heterocycles. The van der Waals surface area contributed by atoms with E-state index in [0.29, 0.717) is 100 Å². The molecule has 10 N–H and O–H groups in total. The largest absolute Gasteiger partial charge is 0.507 e. The van der Waals surface area contributed by atoms with Crippen LogP contribution >= 0.6 is 0 Å². The number of aromatic hydroxyl groups is 4. The van der Waals surface area contributed by atoms with E-state index >= 15 is 0 Å². The highest BCUT2D eigenvalue weighted by molar-refractivity contribution is 6.10. The number of hydrogen-bond donors (Lipinski definition) is 10. The summed E-state index contributed by atoms with van der Waals surface area (Å²) in [6.45, 7) is 0. The summed E-state index contributed by atoms with van der Waals surface area (Å²) < 4.78 is 27.5. The minimum absolute atomic E-state index is 0.0164. The van der Waals surface area contributed by atoms with Crippen LogP contribution < -0.4 is 40.7 Å². The van der Waals surface area contributed by atoms with E-state index < -0.39 is 23.6 Å². The van der Waals surface area contributed by atoms with Gasteiger partial charge in [0.05, 0.1) is 63.6 Å². The number of H-pyrrole nitrogens is 2. The van der Waals surface area contributed by atoms with Gasteiger partial charge in [0.25, 0.3) is 23.6 Å². The lowest BCUT2D eigenvalue weighted by Gasteiger charge is -2.12. The lowest BCUT2D eigenvalue weighted by Crippen LogP contribution is -2.17. The molecule has 28 heteroatoms. The fourth-order valence-corrected chi connectivity index (χ4v) is 12.9. The fourth-order valence-electron chi connectivity index (χ4n) is 12.9. The van der Waals surface area contributed by atoms with Gasteiger partial charge in [0.2, 0.25) is 0 Å². The minimum Gasteiger partial charge on any atom is -0.507 e. The second-order valence-corrected chi connectivity index (χ2v) is 25.8. The van der Waals surface area contributed by atoms with Crippen LogP contribution in [0.2, 0.25) is 0 Å². The number of benzene rings is 12. The number of carbonyl (C=O) groups excluding carboxylic acids is 4. The van der Waals surface area contributed by atoms with E-state index in [2.05, 4.69) is 52.1 Å². The Balaban J connectivity index is 0.850. The van der Waals surface area contributed by atoms with Crippen LogP contribution in [0.15, 0.2) is 287 Å². The SMILES string of the molecule is O=C(N/N=C\c1ccccc1Oc1cccc2c1-c1nc-2nc2[nH]c(nc3nc(nc4[nH]c(n1)c1c(Oc5ccccc5/C=N/NC(=O)c5ccccc5O)cccc41)-c1c(Oc4ccccc4/C=N/NC(=O)c4ccccc4O)cccc1-3)c1ccc(Oc3ccccc3/C=N/NC(=O)c3ccccc3O)cc21)c1ccccc1O. The molecule has 116 heavy (non-hydrogen) atoms. The van der Waals surface area contributed by atoms with Crippen LogP contribution in [0.25, 0.3) is 89.7 Å². The van der Waals surface area contributed by atoms with Gasteiger partial charge in [-0.2, -0.15) is 20.4 Å². The van der Waals surface area contributed by atoms with Crippen molar-refractivity contribution in [1.29, 1.82) is 0 Å². The third kappa shape index (κ3) is 14.8. The van der Waals surface area contributed by atoms with E-state index in [1.165, 1.54) is 73.4 Å². The standard InChI is InChI=1S/C88H58N16O12/c105-63-31-9-5-24-55(63)85(109)101-89-45-49-20-1-13-35-67(49)113-53-42-43-54-62(44-53)81-94-77(54)93-78-59-28-17-39-71(114-68-36-14-2-21-50(68)46-90-102-86(110)56-25-6-10-32-64(56)106)74(59)82(96-78)98-80-61-30-19-41-73(116-70-38-16-4-23-52(70)48-92-104-88(112)58-27-8-12-34-66(58)108)76(61)84(99-80)100-83-75-60(79(95-81)97-83)29-18-40-72(75)115-69-37-15-3-22-51(69)47-91-103-87(111)57-26-7-11-33-65(57)107/h1-48,105-108H,(H,101,109)(H,102,110)(H,103,111)(H,104,112)(H2,93,94,95,96,97,98,99,100)/b89-45+,90-46+,91-47-,92-48+. The predicted molar refractivity (Wildman–Crippen MR) is 435 cm³/mol. The molecule has 8 bridgehead atoms. The van der Waals surface area contributed by atoms with E-state index in [9.17, 15) is 39.6 Å². The zero-order valence-electron chi connectivity index (χ0n) is 60.2. The van der Waals surface area contributed by atoms with Crippen molar-refractivity contribution in [3.63, 3.8) is 0 Å². The Kier molecular flexibility index (Phi) is 19.5. The number of phenols is 4. The van der Waals surface area contributed by atoms with Crippen LogP contribution in [0, 0.1) is 0 Å². The van der Waals surface area contributed by atoms with Gasteiger partial charge in [0, 0.05) is 49.5 Å². The molecule has 17 rings (SSSR count). The number of ether oxygens (including phenoxy) is 4. The van der Waals surface area contributed by atoms with Crippen LogP contribution in [0.1, 0.15) is 63.7 Å². The Hall–Kier alpha value is -17.0. The highest BCUT2D eigenvalue weighted by atomic mass is 16.5. The Morgan fingerprint density at radius 2 is 0.612 bits per heavy atom. The first-order valence-electron chi connectivity index (χ1n) is 35.7. The monoisotopic (exact) mass is 1530 g/mol. The minimum atomic E-state index is -0.651. The number of hydrazone groups is 4. The maximum atomic E-state index is 13.2. The molecular weight excluding hydrogens is 1470 g/mol. The summed E-state index contributed by atoms with van der Waals surface area (Å²) in [7, 11) is 0. The van der Waals surface area contributed by atoms with E-state index in [1.807, 2.05) is 24.3 Å². The summed E-state index contributed by atoms with van der Waals surface area (Å²) in [5.41, 5.74) is 14.6. The predicted octanol–water partition coefficient (Wildman–Crippen LogP) is 15.9. The third-order valence-corrected chi connectivity index (χ3v) is 18.4. The van der Waals surface area contributed by atoms with E-state index in [4.69, 9.17) is 48.9 Å². The normalized spacial score (nSPS) is 11.6. The second kappa shape index (κ2) is 31.5.